The van der Waals surface area contributed by atoms with E-state index in [9.17, 15) is 13.6 Å². The summed E-state index contributed by atoms with van der Waals surface area (Å²) in [5, 5.41) is 0.392. The van der Waals surface area contributed by atoms with Gasteiger partial charge in [-0.2, -0.15) is 0 Å². The maximum atomic E-state index is 12.6. The van der Waals surface area contributed by atoms with Crippen LogP contribution in [0, 0.1) is 0 Å². The van der Waals surface area contributed by atoms with Gasteiger partial charge in [-0.05, 0) is 19.1 Å². The Morgan fingerprint density at radius 2 is 2.25 bits per heavy atom. The molecule has 88 valence electrons. The number of halogens is 3. The van der Waals surface area contributed by atoms with Crippen LogP contribution in [0.3, 0.4) is 0 Å². The van der Waals surface area contributed by atoms with E-state index in [1.165, 1.54) is 12.1 Å². The van der Waals surface area contributed by atoms with Crippen LogP contribution in [0.4, 0.5) is 8.78 Å². The van der Waals surface area contributed by atoms with E-state index in [0.29, 0.717) is 11.0 Å². The molecular formula is C10H10BrF2NO2. The van der Waals surface area contributed by atoms with Crippen molar-refractivity contribution in [2.45, 2.75) is 18.7 Å². The molecule has 0 N–H and O–H groups in total. The quantitative estimate of drug-likeness (QED) is 0.633. The van der Waals surface area contributed by atoms with Gasteiger partial charge in [-0.25, -0.2) is 18.6 Å². The van der Waals surface area contributed by atoms with Crippen LogP contribution in [0.1, 0.15) is 35.1 Å². The molecule has 1 aromatic rings. The number of pyridine rings is 1. The first-order valence-electron chi connectivity index (χ1n) is 4.61. The molecule has 0 radical (unpaired) electrons. The highest BCUT2D eigenvalue weighted by molar-refractivity contribution is 9.08. The number of alkyl halides is 3. The molecule has 6 heteroatoms. The zero-order valence-electron chi connectivity index (χ0n) is 8.54. The number of hydrogen-bond acceptors (Lipinski definition) is 3. The van der Waals surface area contributed by atoms with Crippen LogP contribution < -0.4 is 0 Å². The normalized spacial score (nSPS) is 10.6. The van der Waals surface area contributed by atoms with Gasteiger partial charge in [0.15, 0.2) is 5.69 Å². The summed E-state index contributed by atoms with van der Waals surface area (Å²) in [6, 6.07) is 2.64. The maximum Gasteiger partial charge on any atom is 0.357 e. The highest BCUT2D eigenvalue weighted by atomic mass is 79.9. The van der Waals surface area contributed by atoms with Crippen molar-refractivity contribution in [2.75, 3.05) is 6.61 Å². The second kappa shape index (κ2) is 5.89. The molecule has 0 unspecified atom stereocenters. The average Bonchev–Trinajstić information content (AvgIpc) is 2.28. The SMILES string of the molecule is CCOC(=O)c1nc(CBr)ccc1C(F)F. The maximum absolute atomic E-state index is 12.6. The molecule has 0 bridgehead atoms. The Morgan fingerprint density at radius 3 is 2.75 bits per heavy atom. The molecule has 0 atom stereocenters. The van der Waals surface area contributed by atoms with Crippen LogP contribution >= 0.6 is 15.9 Å². The molecule has 3 nitrogen and oxygen atoms in total. The summed E-state index contributed by atoms with van der Waals surface area (Å²) in [6.45, 7) is 1.73. The van der Waals surface area contributed by atoms with Crippen LogP contribution in [0.2, 0.25) is 0 Å². The van der Waals surface area contributed by atoms with Gasteiger partial charge in [0.25, 0.3) is 6.43 Å². The first-order chi connectivity index (χ1) is 7.60. The summed E-state index contributed by atoms with van der Waals surface area (Å²) in [4.78, 5) is 15.2. The fourth-order valence-corrected chi connectivity index (χ4v) is 1.44. The molecule has 0 aromatic carbocycles. The fourth-order valence-electron chi connectivity index (χ4n) is 1.12. The lowest BCUT2D eigenvalue weighted by atomic mass is 10.2. The lowest BCUT2D eigenvalue weighted by Gasteiger charge is -2.08. The number of esters is 1. The van der Waals surface area contributed by atoms with E-state index in [0.717, 1.165) is 0 Å². The minimum absolute atomic E-state index is 0.127. The van der Waals surface area contributed by atoms with E-state index >= 15 is 0 Å². The molecular weight excluding hydrogens is 284 g/mol. The van der Waals surface area contributed by atoms with Crippen molar-refractivity contribution in [2.24, 2.45) is 0 Å². The summed E-state index contributed by atoms with van der Waals surface area (Å²) in [5.41, 5.74) is -0.204. The van der Waals surface area contributed by atoms with Crippen molar-refractivity contribution >= 4 is 21.9 Å². The third-order valence-corrected chi connectivity index (χ3v) is 2.40. The fraction of sp³-hybridized carbons (Fsp3) is 0.400. The van der Waals surface area contributed by atoms with Crippen molar-refractivity contribution in [3.05, 3.63) is 29.1 Å². The number of hydrogen-bond donors (Lipinski definition) is 0. The lowest BCUT2D eigenvalue weighted by molar-refractivity contribution is 0.0507. The Bertz CT molecular complexity index is 385. The number of nitrogens with zero attached hydrogens (tertiary/aromatic N) is 1. The molecule has 0 aliphatic carbocycles. The summed E-state index contributed by atoms with van der Waals surface area (Å²) < 4.78 is 29.9. The number of ether oxygens (including phenoxy) is 1. The second-order valence-electron chi connectivity index (χ2n) is 2.90. The Balaban J connectivity index is 3.14. The lowest BCUT2D eigenvalue weighted by Crippen LogP contribution is -2.12. The predicted octanol–water partition coefficient (Wildman–Crippen LogP) is 3.09. The Kier molecular flexibility index (Phi) is 4.79. The van der Waals surface area contributed by atoms with Gasteiger partial charge in [-0.3, -0.25) is 0 Å². The Labute approximate surface area is 99.9 Å². The minimum Gasteiger partial charge on any atom is -0.461 e. The van der Waals surface area contributed by atoms with Gasteiger partial charge in [0.1, 0.15) is 0 Å². The molecule has 1 rings (SSSR count). The van der Waals surface area contributed by atoms with Gasteiger partial charge in [-0.15, -0.1) is 0 Å². The number of aromatic nitrogens is 1. The van der Waals surface area contributed by atoms with Crippen LogP contribution in [-0.4, -0.2) is 17.6 Å². The van der Waals surface area contributed by atoms with Gasteiger partial charge in [0.2, 0.25) is 0 Å². The van der Waals surface area contributed by atoms with Gasteiger partial charge in [-0.1, -0.05) is 15.9 Å². The second-order valence-corrected chi connectivity index (χ2v) is 3.46. The van der Waals surface area contributed by atoms with Gasteiger partial charge < -0.3 is 4.74 Å². The van der Waals surface area contributed by atoms with Gasteiger partial charge >= 0.3 is 5.97 Å². The molecule has 1 aromatic heterocycles. The summed E-state index contributed by atoms with van der Waals surface area (Å²) >= 11 is 3.14. The van der Waals surface area contributed by atoms with Crippen molar-refractivity contribution in [1.29, 1.82) is 0 Å². The molecule has 0 aliphatic rings. The van der Waals surface area contributed by atoms with E-state index in [-0.39, 0.29) is 12.3 Å². The standard InChI is InChI=1S/C10H10BrF2NO2/c1-2-16-10(15)8-7(9(12)13)4-3-6(5-11)14-8/h3-4,9H,2,5H2,1H3. The molecule has 0 fully saturated rings. The summed E-state index contributed by atoms with van der Waals surface area (Å²) in [7, 11) is 0. The minimum atomic E-state index is -2.74. The van der Waals surface area contributed by atoms with Crippen molar-refractivity contribution in [1.82, 2.24) is 4.98 Å². The molecule has 0 aliphatic heterocycles. The Hall–Kier alpha value is -1.04. The number of carbonyl (C=O) groups is 1. The number of carbonyl (C=O) groups excluding carboxylic acids is 1. The van der Waals surface area contributed by atoms with E-state index in [1.54, 1.807) is 6.92 Å². The van der Waals surface area contributed by atoms with Crippen LogP contribution in [0.15, 0.2) is 12.1 Å². The predicted molar refractivity (Wildman–Crippen MR) is 57.8 cm³/mol. The molecule has 1 heterocycles. The smallest absolute Gasteiger partial charge is 0.357 e. The van der Waals surface area contributed by atoms with Gasteiger partial charge in [0.05, 0.1) is 17.9 Å². The largest absolute Gasteiger partial charge is 0.461 e. The van der Waals surface area contributed by atoms with Gasteiger partial charge in [0, 0.05) is 5.33 Å². The Morgan fingerprint density at radius 1 is 1.56 bits per heavy atom. The molecule has 0 saturated heterocycles. The highest BCUT2D eigenvalue weighted by Gasteiger charge is 2.21. The van der Waals surface area contributed by atoms with E-state index < -0.39 is 18.0 Å². The zero-order valence-corrected chi connectivity index (χ0v) is 10.1. The van der Waals surface area contributed by atoms with Crippen molar-refractivity contribution < 1.29 is 18.3 Å². The monoisotopic (exact) mass is 293 g/mol. The topological polar surface area (TPSA) is 39.2 Å². The van der Waals surface area contributed by atoms with Crippen LogP contribution in [0.5, 0.6) is 0 Å². The van der Waals surface area contributed by atoms with Crippen molar-refractivity contribution in [3.8, 4) is 0 Å². The third kappa shape index (κ3) is 2.98. The first-order valence-corrected chi connectivity index (χ1v) is 5.73. The molecule has 16 heavy (non-hydrogen) atoms. The van der Waals surface area contributed by atoms with E-state index in [1.807, 2.05) is 0 Å². The van der Waals surface area contributed by atoms with E-state index in [4.69, 9.17) is 0 Å². The highest BCUT2D eigenvalue weighted by Crippen LogP contribution is 2.23. The molecule has 0 amide bonds. The van der Waals surface area contributed by atoms with Crippen LogP contribution in [-0.2, 0) is 10.1 Å². The zero-order chi connectivity index (χ0) is 12.1. The first kappa shape index (κ1) is 13.0. The van der Waals surface area contributed by atoms with Crippen LogP contribution in [0.25, 0.3) is 0 Å². The molecule has 0 spiro atoms. The molecule has 0 saturated carbocycles. The van der Waals surface area contributed by atoms with E-state index in [2.05, 4.69) is 25.7 Å². The summed E-state index contributed by atoms with van der Waals surface area (Å²) in [5.74, 6) is -0.819. The average molecular weight is 294 g/mol. The summed E-state index contributed by atoms with van der Waals surface area (Å²) in [6.07, 6.45) is -2.74. The number of rotatable bonds is 4. The third-order valence-electron chi connectivity index (χ3n) is 1.82. The van der Waals surface area contributed by atoms with Crippen molar-refractivity contribution in [3.63, 3.8) is 0 Å².